The minimum atomic E-state index is 0.162. The average Bonchev–Trinajstić information content (AvgIpc) is 2.84. The predicted molar refractivity (Wildman–Crippen MR) is 72.7 cm³/mol. The summed E-state index contributed by atoms with van der Waals surface area (Å²) in [6, 6.07) is 0.374. The molecule has 1 aliphatic heterocycles. The number of hydrogen-bond donors (Lipinski definition) is 2. The number of aromatic nitrogens is 4. The smallest absolute Gasteiger partial charge is 0.220 e. The number of hydrogen-bond acceptors (Lipinski definition) is 5. The number of nitrogens with zero attached hydrogens (tertiary/aromatic N) is 4. The molecule has 3 heterocycles. The molecule has 2 aromatic rings. The molecule has 20 heavy (non-hydrogen) atoms. The molecule has 2 bridgehead atoms. The lowest BCUT2D eigenvalue weighted by Crippen LogP contribution is -2.49. The Hall–Kier alpha value is -2.18. The Morgan fingerprint density at radius 1 is 1.30 bits per heavy atom. The first-order valence-corrected chi connectivity index (χ1v) is 6.95. The summed E-state index contributed by atoms with van der Waals surface area (Å²) in [7, 11) is 0. The zero-order valence-corrected chi connectivity index (χ0v) is 11.0. The molecule has 1 saturated heterocycles. The Kier molecular flexibility index (Phi) is 2.42. The molecule has 104 valence electrons. The van der Waals surface area contributed by atoms with Crippen LogP contribution in [0.25, 0.3) is 11.2 Å². The third-order valence-electron chi connectivity index (χ3n) is 4.49. The lowest BCUT2D eigenvalue weighted by atomic mass is 9.77. The van der Waals surface area contributed by atoms with Gasteiger partial charge in [-0.2, -0.15) is 0 Å². The van der Waals surface area contributed by atoms with Crippen LogP contribution in [0.15, 0.2) is 12.7 Å². The summed E-state index contributed by atoms with van der Waals surface area (Å²) in [5.74, 6) is 1.09. The van der Waals surface area contributed by atoms with Crippen molar-refractivity contribution in [3.05, 3.63) is 12.7 Å². The van der Waals surface area contributed by atoms with Crippen LogP contribution in [0.4, 0.5) is 5.82 Å². The largest absolute Gasteiger partial charge is 0.382 e. The summed E-state index contributed by atoms with van der Waals surface area (Å²) < 4.78 is 2.04. The van der Waals surface area contributed by atoms with Gasteiger partial charge in [0.1, 0.15) is 11.8 Å². The van der Waals surface area contributed by atoms with Crippen molar-refractivity contribution in [3.63, 3.8) is 0 Å². The van der Waals surface area contributed by atoms with Crippen LogP contribution in [0.3, 0.4) is 0 Å². The molecule has 0 unspecified atom stereocenters. The van der Waals surface area contributed by atoms with E-state index in [4.69, 9.17) is 5.73 Å². The van der Waals surface area contributed by atoms with Crippen molar-refractivity contribution < 1.29 is 4.79 Å². The zero-order chi connectivity index (χ0) is 13.7. The highest BCUT2D eigenvalue weighted by atomic mass is 16.1. The second-order valence-electron chi connectivity index (χ2n) is 5.71. The van der Waals surface area contributed by atoms with E-state index in [9.17, 15) is 4.79 Å². The Morgan fingerprint density at radius 2 is 2.20 bits per heavy atom. The number of anilines is 1. The van der Waals surface area contributed by atoms with Gasteiger partial charge >= 0.3 is 0 Å². The molecule has 7 heteroatoms. The third kappa shape index (κ3) is 1.65. The van der Waals surface area contributed by atoms with Gasteiger partial charge in [-0.05, 0) is 25.2 Å². The van der Waals surface area contributed by atoms with Gasteiger partial charge in [0.15, 0.2) is 11.5 Å². The number of fused-ring (bicyclic) bond motifs is 3. The molecule has 2 aliphatic rings. The lowest BCUT2D eigenvalue weighted by molar-refractivity contribution is -0.126. The molecule has 2 aromatic heterocycles. The molecule has 2 fully saturated rings. The Balaban J connectivity index is 1.75. The third-order valence-corrected chi connectivity index (χ3v) is 4.49. The normalized spacial score (nSPS) is 29.4. The van der Waals surface area contributed by atoms with E-state index in [0.29, 0.717) is 23.7 Å². The number of nitrogen functional groups attached to an aromatic ring is 1. The molecular formula is C13H16N6O. The van der Waals surface area contributed by atoms with Crippen molar-refractivity contribution in [1.29, 1.82) is 0 Å². The standard InChI is InChI=1S/C13H16N6O/c14-12-11-13(16-5-15-12)19(6-17-11)9-2-1-7-3-8(9)18-10(20)4-7/h5-9H,1-4H2,(H,18,20)(H2,14,15,16)/t7-,8+,9+/m1/s1. The topological polar surface area (TPSA) is 98.7 Å². The minimum Gasteiger partial charge on any atom is -0.382 e. The van der Waals surface area contributed by atoms with E-state index in [1.807, 2.05) is 4.57 Å². The maximum absolute atomic E-state index is 11.7. The van der Waals surface area contributed by atoms with E-state index in [0.717, 1.165) is 24.9 Å². The van der Waals surface area contributed by atoms with Gasteiger partial charge in [-0.3, -0.25) is 4.79 Å². The average molecular weight is 272 g/mol. The fourth-order valence-corrected chi connectivity index (χ4v) is 3.56. The fraction of sp³-hybridized carbons (Fsp3) is 0.538. The van der Waals surface area contributed by atoms with E-state index >= 15 is 0 Å². The maximum Gasteiger partial charge on any atom is 0.220 e. The van der Waals surface area contributed by atoms with E-state index in [1.165, 1.54) is 6.33 Å². The summed E-state index contributed by atoms with van der Waals surface area (Å²) in [4.78, 5) is 24.3. The number of nitrogens with one attached hydrogen (secondary N) is 1. The molecule has 0 aromatic carbocycles. The van der Waals surface area contributed by atoms with E-state index < -0.39 is 0 Å². The first-order valence-electron chi connectivity index (χ1n) is 6.95. The Labute approximate surface area is 115 Å². The minimum absolute atomic E-state index is 0.162. The molecule has 7 nitrogen and oxygen atoms in total. The van der Waals surface area contributed by atoms with Crippen molar-refractivity contribution in [2.24, 2.45) is 5.92 Å². The van der Waals surface area contributed by atoms with Crippen molar-refractivity contribution in [2.45, 2.75) is 37.8 Å². The van der Waals surface area contributed by atoms with Gasteiger partial charge in [-0.15, -0.1) is 0 Å². The van der Waals surface area contributed by atoms with Crippen LogP contribution in [-0.2, 0) is 4.79 Å². The number of piperidine rings is 1. The van der Waals surface area contributed by atoms with Crippen LogP contribution in [0.2, 0.25) is 0 Å². The second kappa shape index (κ2) is 4.16. The summed E-state index contributed by atoms with van der Waals surface area (Å²) in [6.45, 7) is 0. The van der Waals surface area contributed by atoms with Crippen LogP contribution in [-0.4, -0.2) is 31.5 Å². The summed E-state index contributed by atoms with van der Waals surface area (Å²) in [6.07, 6.45) is 7.04. The van der Waals surface area contributed by atoms with Crippen LogP contribution in [0.1, 0.15) is 31.7 Å². The fourth-order valence-electron chi connectivity index (χ4n) is 3.56. The first kappa shape index (κ1) is 11.6. The van der Waals surface area contributed by atoms with Crippen LogP contribution < -0.4 is 11.1 Å². The maximum atomic E-state index is 11.7. The molecule has 4 rings (SSSR count). The van der Waals surface area contributed by atoms with Gasteiger partial charge < -0.3 is 15.6 Å². The number of carbonyl (C=O) groups excluding carboxylic acids is 1. The summed E-state index contributed by atoms with van der Waals surface area (Å²) >= 11 is 0. The summed E-state index contributed by atoms with van der Waals surface area (Å²) in [5.41, 5.74) is 7.21. The molecule has 0 radical (unpaired) electrons. The van der Waals surface area contributed by atoms with Crippen molar-refractivity contribution >= 4 is 22.9 Å². The monoisotopic (exact) mass is 272 g/mol. The molecule has 1 aliphatic carbocycles. The first-order chi connectivity index (χ1) is 9.72. The summed E-state index contributed by atoms with van der Waals surface area (Å²) in [5, 5.41) is 3.10. The van der Waals surface area contributed by atoms with Gasteiger partial charge in [-0.25, -0.2) is 15.0 Å². The van der Waals surface area contributed by atoms with Crippen molar-refractivity contribution in [3.8, 4) is 0 Å². The Morgan fingerprint density at radius 3 is 3.10 bits per heavy atom. The van der Waals surface area contributed by atoms with Gasteiger partial charge in [-0.1, -0.05) is 0 Å². The lowest BCUT2D eigenvalue weighted by Gasteiger charge is -2.40. The van der Waals surface area contributed by atoms with E-state index in [2.05, 4.69) is 20.3 Å². The molecule has 3 atom stereocenters. The van der Waals surface area contributed by atoms with Crippen molar-refractivity contribution in [1.82, 2.24) is 24.8 Å². The molecule has 0 spiro atoms. The number of rotatable bonds is 1. The van der Waals surface area contributed by atoms with Crippen molar-refractivity contribution in [2.75, 3.05) is 5.73 Å². The van der Waals surface area contributed by atoms with Gasteiger partial charge in [0.25, 0.3) is 0 Å². The molecule has 3 N–H and O–H groups in total. The number of carbonyl (C=O) groups is 1. The highest BCUT2D eigenvalue weighted by Crippen LogP contribution is 2.38. The molecule has 1 amide bonds. The van der Waals surface area contributed by atoms with Crippen LogP contribution in [0.5, 0.6) is 0 Å². The quantitative estimate of drug-likeness (QED) is 0.793. The van der Waals surface area contributed by atoms with Gasteiger partial charge in [0.05, 0.1) is 12.4 Å². The van der Waals surface area contributed by atoms with Crippen LogP contribution >= 0.6 is 0 Å². The molecule has 1 saturated carbocycles. The predicted octanol–water partition coefficient (Wildman–Crippen LogP) is 0.638. The number of imidazole rings is 1. The molecular weight excluding hydrogens is 256 g/mol. The number of amides is 1. The van der Waals surface area contributed by atoms with Gasteiger partial charge in [0, 0.05) is 12.5 Å². The number of nitrogens with two attached hydrogens (primary N) is 1. The SMILES string of the molecule is Nc1ncnc2c1ncn2[C@H]1CC[C@H]2CC(=O)N[C@H]1C2. The highest BCUT2D eigenvalue weighted by molar-refractivity contribution is 5.81. The second-order valence-corrected chi connectivity index (χ2v) is 5.71. The van der Waals surface area contributed by atoms with Gasteiger partial charge in [0.2, 0.25) is 5.91 Å². The van der Waals surface area contributed by atoms with E-state index in [1.54, 1.807) is 6.33 Å². The van der Waals surface area contributed by atoms with E-state index in [-0.39, 0.29) is 18.0 Å². The Bertz CT molecular complexity index is 681. The van der Waals surface area contributed by atoms with Crippen LogP contribution in [0, 0.1) is 5.92 Å². The zero-order valence-electron chi connectivity index (χ0n) is 11.0. The highest BCUT2D eigenvalue weighted by Gasteiger charge is 2.37.